The fraction of sp³-hybridized carbons (Fsp3) is 1.00. The minimum Gasteiger partial charge on any atom is -0.379 e. The zero-order chi connectivity index (χ0) is 35.4. The number of rotatable bonds is 45. The van der Waals surface area contributed by atoms with Crippen LogP contribution < -0.4 is 0 Å². The van der Waals surface area contributed by atoms with Gasteiger partial charge in [-0.1, -0.05) is 71.1 Å². The number of ether oxygens (including phenoxy) is 11. The molecule has 0 N–H and O–H groups in total. The monoisotopic (exact) mass is 712 g/mol. The van der Waals surface area contributed by atoms with Gasteiger partial charge >= 0.3 is 0 Å². The molecule has 0 spiro atoms. The summed E-state index contributed by atoms with van der Waals surface area (Å²) in [6.07, 6.45) is 14.9. The molecule has 0 unspecified atom stereocenters. The van der Waals surface area contributed by atoms with E-state index in [-0.39, 0.29) is 0 Å². The summed E-state index contributed by atoms with van der Waals surface area (Å²) in [6, 6.07) is 0. The molecule has 0 heterocycles. The fourth-order valence-corrected chi connectivity index (χ4v) is 4.42. The Labute approximate surface area is 300 Å². The third-order valence-corrected chi connectivity index (χ3v) is 7.30. The Morgan fingerprint density at radius 1 is 0.245 bits per heavy atom. The smallest absolute Gasteiger partial charge is 0.0701 e. The van der Waals surface area contributed by atoms with Crippen LogP contribution >= 0.6 is 0 Å². The molecule has 0 aliphatic heterocycles. The maximum absolute atomic E-state index is 5.66. The van der Waals surface area contributed by atoms with E-state index in [4.69, 9.17) is 52.1 Å². The van der Waals surface area contributed by atoms with Crippen LogP contribution in [-0.4, -0.2) is 171 Å². The van der Waals surface area contributed by atoms with Gasteiger partial charge in [0.15, 0.2) is 0 Å². The highest BCUT2D eigenvalue weighted by molar-refractivity contribution is 4.48. The highest BCUT2D eigenvalue weighted by Crippen LogP contribution is 2.11. The Hall–Kier alpha value is -0.480. The first kappa shape index (κ1) is 48.5. The highest BCUT2D eigenvalue weighted by atomic mass is 16.6. The van der Waals surface area contributed by atoms with Crippen molar-refractivity contribution in [2.24, 2.45) is 0 Å². The number of likely N-dealkylation sites (N-methyl/N-ethyl adjacent to an activating group) is 1. The molecule has 12 heteroatoms. The van der Waals surface area contributed by atoms with Crippen LogP contribution in [0.5, 0.6) is 0 Å². The summed E-state index contributed by atoms with van der Waals surface area (Å²) in [5.74, 6) is 0. The maximum Gasteiger partial charge on any atom is 0.0701 e. The van der Waals surface area contributed by atoms with Crippen LogP contribution in [0.2, 0.25) is 0 Å². The van der Waals surface area contributed by atoms with Crippen molar-refractivity contribution < 1.29 is 52.1 Å². The highest BCUT2D eigenvalue weighted by Gasteiger charge is 1.98. The van der Waals surface area contributed by atoms with Gasteiger partial charge in [-0.3, -0.25) is 0 Å². The lowest BCUT2D eigenvalue weighted by atomic mass is 10.1. The van der Waals surface area contributed by atoms with E-state index in [1.807, 2.05) is 14.1 Å². The second-order valence-electron chi connectivity index (χ2n) is 12.1. The van der Waals surface area contributed by atoms with Gasteiger partial charge in [0.1, 0.15) is 0 Å². The summed E-state index contributed by atoms with van der Waals surface area (Å²) in [5.41, 5.74) is 0. The normalized spacial score (nSPS) is 11.8. The molecule has 0 atom stereocenters. The largest absolute Gasteiger partial charge is 0.379 e. The van der Waals surface area contributed by atoms with Gasteiger partial charge in [-0.05, 0) is 20.5 Å². The van der Waals surface area contributed by atoms with Crippen molar-refractivity contribution in [3.05, 3.63) is 0 Å². The summed E-state index contributed by atoms with van der Waals surface area (Å²) in [6.45, 7) is 15.8. The Bertz CT molecular complexity index is 578. The van der Waals surface area contributed by atoms with Gasteiger partial charge in [-0.25, -0.2) is 0 Å². The number of hydrogen-bond acceptors (Lipinski definition) is 12. The number of unbranched alkanes of at least 4 members (excludes halogenated alkanes) is 10. The Balaban J connectivity index is 3.04. The van der Waals surface area contributed by atoms with E-state index >= 15 is 0 Å². The minimum atomic E-state index is 0.525. The van der Waals surface area contributed by atoms with Crippen molar-refractivity contribution in [2.45, 2.75) is 77.6 Å². The molecular formula is C37H77NO11. The quantitative estimate of drug-likeness (QED) is 0.0791. The van der Waals surface area contributed by atoms with Crippen molar-refractivity contribution in [1.29, 1.82) is 0 Å². The summed E-state index contributed by atoms with van der Waals surface area (Å²) in [7, 11) is 4.05. The first-order valence-corrected chi connectivity index (χ1v) is 19.3. The third kappa shape index (κ3) is 47.5. The van der Waals surface area contributed by atoms with E-state index < -0.39 is 0 Å². The van der Waals surface area contributed by atoms with E-state index in [1.165, 1.54) is 64.2 Å². The molecule has 296 valence electrons. The Morgan fingerprint density at radius 2 is 0.449 bits per heavy atom. The zero-order valence-electron chi connectivity index (χ0n) is 32.0. The molecule has 0 aromatic rings. The molecule has 0 aromatic carbocycles. The zero-order valence-corrected chi connectivity index (χ0v) is 32.0. The average Bonchev–Trinajstić information content (AvgIpc) is 3.10. The first-order chi connectivity index (χ1) is 24.3. The molecule has 0 rings (SSSR count). The summed E-state index contributed by atoms with van der Waals surface area (Å²) < 4.78 is 60.6. The minimum absolute atomic E-state index is 0.525. The second-order valence-corrected chi connectivity index (χ2v) is 12.1. The van der Waals surface area contributed by atoms with Gasteiger partial charge in [0.25, 0.3) is 0 Å². The molecule has 0 radical (unpaired) electrons. The van der Waals surface area contributed by atoms with Crippen LogP contribution in [-0.2, 0) is 52.1 Å². The lowest BCUT2D eigenvalue weighted by Gasteiger charge is -2.10. The van der Waals surface area contributed by atoms with E-state index in [0.29, 0.717) is 132 Å². The Morgan fingerprint density at radius 3 is 0.694 bits per heavy atom. The third-order valence-electron chi connectivity index (χ3n) is 7.30. The van der Waals surface area contributed by atoms with Gasteiger partial charge < -0.3 is 57.0 Å². The van der Waals surface area contributed by atoms with E-state index in [9.17, 15) is 0 Å². The van der Waals surface area contributed by atoms with Gasteiger partial charge in [0.2, 0.25) is 0 Å². The molecule has 0 bridgehead atoms. The molecular weight excluding hydrogens is 634 g/mol. The van der Waals surface area contributed by atoms with Crippen LogP contribution in [0, 0.1) is 0 Å². The van der Waals surface area contributed by atoms with Crippen molar-refractivity contribution >= 4 is 0 Å². The standard InChI is InChI=1S/C37H77NO11/c1-4-5-6-7-8-9-10-11-12-13-14-16-39-18-20-41-22-24-43-26-28-45-30-32-47-34-36-49-37-35-48-33-31-46-29-27-44-25-23-42-21-19-40-17-15-38(2)3/h4-37H2,1-3H3. The molecule has 0 aromatic heterocycles. The number of nitrogens with zero attached hydrogens (tertiary/aromatic N) is 1. The van der Waals surface area contributed by atoms with Crippen LogP contribution in [0.4, 0.5) is 0 Å². The van der Waals surface area contributed by atoms with Crippen LogP contribution in [0.1, 0.15) is 77.6 Å². The first-order valence-electron chi connectivity index (χ1n) is 19.3. The molecule has 0 saturated heterocycles. The Kier molecular flexibility index (Phi) is 45.1. The number of hydrogen-bond donors (Lipinski definition) is 0. The fourth-order valence-electron chi connectivity index (χ4n) is 4.42. The topological polar surface area (TPSA) is 105 Å². The van der Waals surface area contributed by atoms with Crippen molar-refractivity contribution in [3.63, 3.8) is 0 Å². The lowest BCUT2D eigenvalue weighted by molar-refractivity contribution is -0.0276. The maximum atomic E-state index is 5.66. The second kappa shape index (κ2) is 45.5. The molecule has 0 amide bonds. The van der Waals surface area contributed by atoms with E-state index in [2.05, 4.69) is 11.8 Å². The predicted octanol–water partition coefficient (Wildman–Crippen LogP) is 5.04. The van der Waals surface area contributed by atoms with Gasteiger partial charge in [-0.2, -0.15) is 0 Å². The summed E-state index contributed by atoms with van der Waals surface area (Å²) in [5, 5.41) is 0. The van der Waals surface area contributed by atoms with Crippen LogP contribution in [0.15, 0.2) is 0 Å². The predicted molar refractivity (Wildman–Crippen MR) is 194 cm³/mol. The molecule has 0 aliphatic carbocycles. The van der Waals surface area contributed by atoms with Crippen LogP contribution in [0.25, 0.3) is 0 Å². The molecule has 0 fully saturated rings. The molecule has 12 nitrogen and oxygen atoms in total. The van der Waals surface area contributed by atoms with Gasteiger partial charge in [0.05, 0.1) is 139 Å². The average molecular weight is 712 g/mol. The van der Waals surface area contributed by atoms with E-state index in [1.54, 1.807) is 0 Å². The van der Waals surface area contributed by atoms with Crippen molar-refractivity contribution in [1.82, 2.24) is 4.90 Å². The van der Waals surface area contributed by atoms with Crippen molar-refractivity contribution in [2.75, 3.05) is 166 Å². The molecule has 0 aliphatic rings. The van der Waals surface area contributed by atoms with Crippen molar-refractivity contribution in [3.8, 4) is 0 Å². The summed E-state index contributed by atoms with van der Waals surface area (Å²) >= 11 is 0. The van der Waals surface area contributed by atoms with E-state index in [0.717, 1.165) is 26.2 Å². The van der Waals surface area contributed by atoms with Crippen LogP contribution in [0.3, 0.4) is 0 Å². The lowest BCUT2D eigenvalue weighted by Crippen LogP contribution is -2.19. The molecule has 0 saturated carbocycles. The SMILES string of the molecule is CCCCCCCCCCCCCOCCOCCOCCOCCOCCOCCOCCOCCOCCOCCOCCN(C)C. The molecule has 49 heavy (non-hydrogen) atoms. The summed E-state index contributed by atoms with van der Waals surface area (Å²) in [4.78, 5) is 2.09. The van der Waals surface area contributed by atoms with Gasteiger partial charge in [-0.15, -0.1) is 0 Å². The van der Waals surface area contributed by atoms with Gasteiger partial charge in [0, 0.05) is 13.2 Å².